The second kappa shape index (κ2) is 7.03. The Morgan fingerprint density at radius 3 is 2.83 bits per heavy atom. The minimum atomic E-state index is 0.0567. The number of nitrogens with one attached hydrogen (secondary N) is 1. The maximum atomic E-state index is 8.47. The molecule has 98 valence electrons. The highest BCUT2D eigenvalue weighted by molar-refractivity contribution is 5.33. The van der Waals surface area contributed by atoms with Gasteiger partial charge in [-0.1, -0.05) is 26.0 Å². The van der Waals surface area contributed by atoms with E-state index in [1.54, 1.807) is 7.11 Å². The van der Waals surface area contributed by atoms with Crippen molar-refractivity contribution < 1.29 is 4.74 Å². The zero-order chi connectivity index (χ0) is 13.4. The van der Waals surface area contributed by atoms with Gasteiger partial charge in [0.05, 0.1) is 13.2 Å². The third-order valence-corrected chi connectivity index (χ3v) is 3.06. The number of hydrogen-bond donors (Lipinski definition) is 1. The van der Waals surface area contributed by atoms with Crippen LogP contribution in [0.5, 0.6) is 5.75 Å². The molecule has 18 heavy (non-hydrogen) atoms. The van der Waals surface area contributed by atoms with Crippen molar-refractivity contribution in [2.75, 3.05) is 20.2 Å². The topological polar surface area (TPSA) is 45.0 Å². The molecule has 0 radical (unpaired) electrons. The molecule has 0 aliphatic carbocycles. The van der Waals surface area contributed by atoms with Crippen molar-refractivity contribution in [2.45, 2.75) is 32.1 Å². The van der Waals surface area contributed by atoms with Crippen molar-refractivity contribution in [3.05, 3.63) is 29.8 Å². The molecule has 1 rings (SSSR count). The molecule has 0 heterocycles. The Kier molecular flexibility index (Phi) is 5.67. The van der Waals surface area contributed by atoms with E-state index in [-0.39, 0.29) is 5.41 Å². The minimum Gasteiger partial charge on any atom is -0.497 e. The van der Waals surface area contributed by atoms with Crippen molar-refractivity contribution in [3.63, 3.8) is 0 Å². The molecule has 0 bridgehead atoms. The van der Waals surface area contributed by atoms with E-state index in [1.165, 1.54) is 5.56 Å². The number of nitrogens with zero attached hydrogens (tertiary/aromatic N) is 1. The first-order valence-electron chi connectivity index (χ1n) is 6.32. The molecule has 0 spiro atoms. The first kappa shape index (κ1) is 14.5. The predicted molar refractivity (Wildman–Crippen MR) is 73.7 cm³/mol. The Morgan fingerprint density at radius 2 is 2.17 bits per heavy atom. The summed E-state index contributed by atoms with van der Waals surface area (Å²) in [6.07, 6.45) is 1.53. The molecule has 0 aliphatic rings. The lowest BCUT2D eigenvalue weighted by molar-refractivity contribution is 0.410. The van der Waals surface area contributed by atoms with Gasteiger partial charge < -0.3 is 10.1 Å². The van der Waals surface area contributed by atoms with E-state index in [1.807, 2.05) is 12.1 Å². The van der Waals surface area contributed by atoms with Gasteiger partial charge in [-0.15, -0.1) is 0 Å². The first-order valence-corrected chi connectivity index (χ1v) is 6.32. The number of hydrogen-bond acceptors (Lipinski definition) is 3. The fourth-order valence-electron chi connectivity index (χ4n) is 1.84. The monoisotopic (exact) mass is 246 g/mol. The summed E-state index contributed by atoms with van der Waals surface area (Å²) in [6, 6.07) is 10.3. The van der Waals surface area contributed by atoms with E-state index in [9.17, 15) is 0 Å². The maximum absolute atomic E-state index is 8.47. The van der Waals surface area contributed by atoms with Gasteiger partial charge in [0.25, 0.3) is 0 Å². The number of benzene rings is 1. The van der Waals surface area contributed by atoms with E-state index in [2.05, 4.69) is 37.4 Å². The second-order valence-electron chi connectivity index (χ2n) is 5.05. The van der Waals surface area contributed by atoms with E-state index in [0.29, 0.717) is 6.42 Å². The molecule has 0 saturated carbocycles. The normalized spacial score (nSPS) is 11.0. The molecule has 0 unspecified atom stereocenters. The Bertz CT molecular complexity index is 407. The first-order chi connectivity index (χ1) is 8.60. The van der Waals surface area contributed by atoms with Crippen LogP contribution in [0, 0.1) is 11.3 Å². The Morgan fingerprint density at radius 1 is 1.39 bits per heavy atom. The van der Waals surface area contributed by atoms with Crippen LogP contribution in [-0.2, 0) is 5.41 Å². The fraction of sp³-hybridized carbons (Fsp3) is 0.533. The number of rotatable bonds is 7. The molecule has 3 heteroatoms. The lowest BCUT2D eigenvalue weighted by atomic mass is 9.84. The summed E-state index contributed by atoms with van der Waals surface area (Å²) in [6.45, 7) is 6.20. The van der Waals surface area contributed by atoms with Crippen LogP contribution in [0.3, 0.4) is 0 Å². The third-order valence-electron chi connectivity index (χ3n) is 3.06. The second-order valence-corrected chi connectivity index (χ2v) is 5.05. The molecule has 0 atom stereocenters. The highest BCUT2D eigenvalue weighted by Crippen LogP contribution is 2.25. The molecular formula is C15H22N2O. The number of methoxy groups -OCH3 is 1. The van der Waals surface area contributed by atoms with Crippen LogP contribution >= 0.6 is 0 Å². The van der Waals surface area contributed by atoms with Crippen molar-refractivity contribution in [3.8, 4) is 11.8 Å². The van der Waals surface area contributed by atoms with Gasteiger partial charge in [-0.05, 0) is 30.7 Å². The van der Waals surface area contributed by atoms with Gasteiger partial charge in [0.15, 0.2) is 0 Å². The van der Waals surface area contributed by atoms with Crippen LogP contribution in [0.1, 0.15) is 32.3 Å². The Balaban J connectivity index is 2.54. The smallest absolute Gasteiger partial charge is 0.119 e. The molecule has 3 nitrogen and oxygen atoms in total. The van der Waals surface area contributed by atoms with Gasteiger partial charge >= 0.3 is 0 Å². The van der Waals surface area contributed by atoms with Crippen molar-refractivity contribution in [2.24, 2.45) is 0 Å². The third kappa shape index (κ3) is 4.38. The average Bonchev–Trinajstić information content (AvgIpc) is 2.38. The van der Waals surface area contributed by atoms with E-state index >= 15 is 0 Å². The summed E-state index contributed by atoms with van der Waals surface area (Å²) < 4.78 is 5.25. The van der Waals surface area contributed by atoms with Gasteiger partial charge in [-0.3, -0.25) is 0 Å². The SMILES string of the molecule is COc1cccc(C(C)(C)CNCCCC#N)c1. The van der Waals surface area contributed by atoms with Crippen LogP contribution in [0.15, 0.2) is 24.3 Å². The van der Waals surface area contributed by atoms with E-state index < -0.39 is 0 Å². The van der Waals surface area contributed by atoms with Crippen LogP contribution in [-0.4, -0.2) is 20.2 Å². The zero-order valence-corrected chi connectivity index (χ0v) is 11.5. The van der Waals surface area contributed by atoms with Crippen LogP contribution in [0.25, 0.3) is 0 Å². The summed E-state index contributed by atoms with van der Waals surface area (Å²) in [4.78, 5) is 0. The Labute approximate surface area is 110 Å². The molecule has 1 aromatic carbocycles. The molecule has 1 aromatic rings. The molecule has 0 aliphatic heterocycles. The van der Waals surface area contributed by atoms with Gasteiger partial charge in [0.2, 0.25) is 0 Å². The number of unbranched alkanes of at least 4 members (excludes halogenated alkanes) is 1. The standard InChI is InChI=1S/C15H22N2O/c1-15(2,12-17-10-5-4-9-16)13-7-6-8-14(11-13)18-3/h6-8,11,17H,4-5,10,12H2,1-3H3. The quantitative estimate of drug-likeness (QED) is 0.752. The molecule has 0 saturated heterocycles. The average molecular weight is 246 g/mol. The predicted octanol–water partition coefficient (Wildman–Crippen LogP) is 2.87. The minimum absolute atomic E-state index is 0.0567. The Hall–Kier alpha value is -1.53. The highest BCUT2D eigenvalue weighted by atomic mass is 16.5. The molecule has 0 fully saturated rings. The maximum Gasteiger partial charge on any atom is 0.119 e. The number of nitriles is 1. The van der Waals surface area contributed by atoms with Crippen molar-refractivity contribution >= 4 is 0 Å². The summed E-state index contributed by atoms with van der Waals surface area (Å²) in [5.74, 6) is 0.894. The molecular weight excluding hydrogens is 224 g/mol. The molecule has 0 amide bonds. The lowest BCUT2D eigenvalue weighted by Crippen LogP contribution is -2.33. The van der Waals surface area contributed by atoms with Crippen LogP contribution < -0.4 is 10.1 Å². The van der Waals surface area contributed by atoms with Gasteiger partial charge in [0.1, 0.15) is 5.75 Å². The van der Waals surface area contributed by atoms with Gasteiger partial charge in [-0.25, -0.2) is 0 Å². The van der Waals surface area contributed by atoms with Crippen molar-refractivity contribution in [1.29, 1.82) is 5.26 Å². The summed E-state index contributed by atoms with van der Waals surface area (Å²) in [5, 5.41) is 11.9. The largest absolute Gasteiger partial charge is 0.497 e. The van der Waals surface area contributed by atoms with Crippen LogP contribution in [0.2, 0.25) is 0 Å². The molecule has 0 aromatic heterocycles. The summed E-state index contributed by atoms with van der Waals surface area (Å²) >= 11 is 0. The van der Waals surface area contributed by atoms with Gasteiger partial charge in [0, 0.05) is 18.4 Å². The van der Waals surface area contributed by atoms with Gasteiger partial charge in [-0.2, -0.15) is 5.26 Å². The number of ether oxygens (including phenoxy) is 1. The highest BCUT2D eigenvalue weighted by Gasteiger charge is 2.20. The summed E-state index contributed by atoms with van der Waals surface area (Å²) in [7, 11) is 1.69. The van der Waals surface area contributed by atoms with Crippen molar-refractivity contribution in [1.82, 2.24) is 5.32 Å². The van der Waals surface area contributed by atoms with E-state index in [4.69, 9.17) is 10.00 Å². The van der Waals surface area contributed by atoms with E-state index in [0.717, 1.165) is 25.3 Å². The zero-order valence-electron chi connectivity index (χ0n) is 11.5. The summed E-state index contributed by atoms with van der Waals surface area (Å²) in [5.41, 5.74) is 1.32. The van der Waals surface area contributed by atoms with Crippen LogP contribution in [0.4, 0.5) is 0 Å². The fourth-order valence-corrected chi connectivity index (χ4v) is 1.84. The molecule has 1 N–H and O–H groups in total. The lowest BCUT2D eigenvalue weighted by Gasteiger charge is -2.26.